The highest BCUT2D eigenvalue weighted by atomic mass is 16.6. The summed E-state index contributed by atoms with van der Waals surface area (Å²) in [5.74, 6) is 1.56. The van der Waals surface area contributed by atoms with E-state index >= 15 is 0 Å². The predicted molar refractivity (Wildman–Crippen MR) is 415 cm³/mol. The lowest BCUT2D eigenvalue weighted by Crippen LogP contribution is -2.28. The fourth-order valence-corrected chi connectivity index (χ4v) is 10.7. The third kappa shape index (κ3) is 24.8. The van der Waals surface area contributed by atoms with Gasteiger partial charge in [-0.2, -0.15) is 0 Å². The summed E-state index contributed by atoms with van der Waals surface area (Å²) in [7, 11) is 3.47. The SMILES string of the molecule is CCC(C)(C)C(=O)Oc1ccc(C(C)(C)OC(C)=O)cc1.CCC(C)(C)C(=O)Oc1ccc2cc(C(C)(C)OC)ccc2c1.CCC(C)c1ccc(C(C)(C)OC(C)=O)cc1.CCC(C)c1ccc2cc(C(C)(C)OC(C)=O)ccc2c1.CCC(C)c1ccc2cc(C(C)(C)OC)ccc2c1. The van der Waals surface area contributed by atoms with Crippen LogP contribution in [0.25, 0.3) is 32.3 Å². The van der Waals surface area contributed by atoms with Crippen molar-refractivity contribution in [2.75, 3.05) is 14.2 Å². The maximum Gasteiger partial charge on any atom is 0.316 e. The minimum Gasteiger partial charge on any atom is -0.455 e. The van der Waals surface area contributed by atoms with Crippen molar-refractivity contribution in [2.24, 2.45) is 10.8 Å². The van der Waals surface area contributed by atoms with Crippen LogP contribution < -0.4 is 9.47 Å². The molecule has 0 saturated heterocycles. The van der Waals surface area contributed by atoms with Crippen molar-refractivity contribution in [3.63, 3.8) is 0 Å². The van der Waals surface area contributed by atoms with E-state index < -0.39 is 27.6 Å². The molecule has 0 aliphatic carbocycles. The average Bonchev–Trinajstić information content (AvgIpc) is 0.823. The molecule has 12 nitrogen and oxygen atoms in total. The van der Waals surface area contributed by atoms with Gasteiger partial charge in [0.15, 0.2) is 0 Å². The first-order valence-corrected chi connectivity index (χ1v) is 35.9. The Bertz CT molecular complexity index is 4030. The Morgan fingerprint density at radius 3 is 0.881 bits per heavy atom. The first-order chi connectivity index (χ1) is 46.9. The molecule has 8 aromatic rings. The molecular formula is C89H120O12. The molecular weight excluding hydrogens is 1260 g/mol. The van der Waals surface area contributed by atoms with E-state index in [9.17, 15) is 24.0 Å². The van der Waals surface area contributed by atoms with Gasteiger partial charge in [0.2, 0.25) is 0 Å². The van der Waals surface area contributed by atoms with Crippen LogP contribution >= 0.6 is 0 Å². The largest absolute Gasteiger partial charge is 0.455 e. The fourth-order valence-electron chi connectivity index (χ4n) is 10.7. The van der Waals surface area contributed by atoms with Crippen molar-refractivity contribution in [3.8, 4) is 11.5 Å². The lowest BCUT2D eigenvalue weighted by Gasteiger charge is -2.25. The zero-order chi connectivity index (χ0) is 76.2. The van der Waals surface area contributed by atoms with Gasteiger partial charge in [0, 0.05) is 35.0 Å². The van der Waals surface area contributed by atoms with Gasteiger partial charge in [0.1, 0.15) is 28.3 Å². The first-order valence-electron chi connectivity index (χ1n) is 35.9. The normalized spacial score (nSPS) is 12.9. The molecule has 0 radical (unpaired) electrons. The Labute approximate surface area is 605 Å². The third-order valence-electron chi connectivity index (χ3n) is 19.8. The number of carbonyl (C=O) groups excluding carboxylic acids is 5. The van der Waals surface area contributed by atoms with Gasteiger partial charge < -0.3 is 33.2 Å². The van der Waals surface area contributed by atoms with E-state index in [1.54, 1.807) is 38.5 Å². The van der Waals surface area contributed by atoms with Crippen LogP contribution in [-0.2, 0) is 75.7 Å². The number of rotatable bonds is 22. The summed E-state index contributed by atoms with van der Waals surface area (Å²) >= 11 is 0. The van der Waals surface area contributed by atoms with Gasteiger partial charge in [-0.15, -0.1) is 0 Å². The summed E-state index contributed by atoms with van der Waals surface area (Å²) in [5.41, 5.74) is 5.94. The summed E-state index contributed by atoms with van der Waals surface area (Å²) < 4.78 is 38.0. The molecule has 12 heteroatoms. The second-order valence-corrected chi connectivity index (χ2v) is 30.4. The molecule has 101 heavy (non-hydrogen) atoms. The molecule has 0 aliphatic heterocycles. The Morgan fingerprint density at radius 1 is 0.307 bits per heavy atom. The maximum absolute atomic E-state index is 12.2. The highest BCUT2D eigenvalue weighted by Gasteiger charge is 2.31. The number of hydrogen-bond acceptors (Lipinski definition) is 12. The van der Waals surface area contributed by atoms with Crippen molar-refractivity contribution >= 4 is 62.2 Å². The molecule has 8 aromatic carbocycles. The highest BCUT2D eigenvalue weighted by Crippen LogP contribution is 2.36. The molecule has 3 unspecified atom stereocenters. The minimum atomic E-state index is -0.711. The lowest BCUT2D eigenvalue weighted by atomic mass is 9.90. The zero-order valence-electron chi connectivity index (χ0n) is 66.2. The Balaban J connectivity index is 0.000000269. The van der Waals surface area contributed by atoms with Crippen LogP contribution in [0.3, 0.4) is 0 Å². The molecule has 3 atom stereocenters. The van der Waals surface area contributed by atoms with Crippen LogP contribution in [0.4, 0.5) is 0 Å². The standard InChI is InChI=1S/C20H26O3.C19H24O2.C18H24O.C17H24O4.C15H22O2/c1-7-19(2,3)18(21)23-17-11-9-14-12-16(20(4,5)22-6)10-8-15(14)13-17;1-6-13(2)15-7-8-17-12-18(10-9-16(17)11-15)19(4,5)21-14(3)20;1-6-13(2)14-7-8-16-12-17(18(3,4)19-5)10-9-15(16)11-14;1-7-16(3,4)15(19)20-14-10-8-13(9-11-14)17(5,6)21-12(2)18;1-6-11(2)13-7-9-14(10-8-13)15(4,5)17-12(3)16/h8-13H,7H2,1-6H3;7-13H,6H2,1-5H3;7-13H,6H2,1-5H3;8-11H,7H2,1-6H3;7-11H,6H2,1-5H3. The molecule has 8 rings (SSSR count). The average molecular weight is 1380 g/mol. The van der Waals surface area contributed by atoms with Crippen molar-refractivity contribution in [2.45, 2.75) is 251 Å². The summed E-state index contributed by atoms with van der Waals surface area (Å²) in [4.78, 5) is 57.5. The van der Waals surface area contributed by atoms with Crippen molar-refractivity contribution in [3.05, 3.63) is 202 Å². The molecule has 0 aromatic heterocycles. The van der Waals surface area contributed by atoms with Crippen LogP contribution in [0, 0.1) is 10.8 Å². The lowest BCUT2D eigenvalue weighted by molar-refractivity contribution is -0.155. The number of methoxy groups -OCH3 is 2. The third-order valence-corrected chi connectivity index (χ3v) is 19.8. The summed E-state index contributed by atoms with van der Waals surface area (Å²) in [6.45, 7) is 48.6. The zero-order valence-corrected chi connectivity index (χ0v) is 66.2. The maximum atomic E-state index is 12.2. The van der Waals surface area contributed by atoms with Crippen molar-refractivity contribution < 1.29 is 57.1 Å². The van der Waals surface area contributed by atoms with Gasteiger partial charge >= 0.3 is 29.8 Å². The monoisotopic (exact) mass is 1380 g/mol. The number of benzene rings is 8. The number of hydrogen-bond donors (Lipinski definition) is 0. The molecule has 0 amide bonds. The van der Waals surface area contributed by atoms with E-state index in [0.29, 0.717) is 35.7 Å². The topological polar surface area (TPSA) is 150 Å². The number of esters is 5. The van der Waals surface area contributed by atoms with Crippen LogP contribution in [0.1, 0.15) is 267 Å². The van der Waals surface area contributed by atoms with Gasteiger partial charge in [-0.25, -0.2) is 0 Å². The van der Waals surface area contributed by atoms with E-state index in [1.807, 2.05) is 145 Å². The molecule has 0 N–H and O–H groups in total. The quantitative estimate of drug-likeness (QED) is 0.0361. The summed E-state index contributed by atoms with van der Waals surface area (Å²) in [6.07, 6.45) is 4.91. The minimum absolute atomic E-state index is 0.198. The summed E-state index contributed by atoms with van der Waals surface area (Å²) in [6, 6.07) is 53.6. The molecule has 0 bridgehead atoms. The van der Waals surface area contributed by atoms with E-state index in [2.05, 4.69) is 140 Å². The fraction of sp³-hybridized carbons (Fsp3) is 0.472. The first kappa shape index (κ1) is 85.2. The molecule has 0 saturated carbocycles. The van der Waals surface area contributed by atoms with Gasteiger partial charge in [0.25, 0.3) is 0 Å². The summed E-state index contributed by atoms with van der Waals surface area (Å²) in [5, 5.41) is 7.15. The van der Waals surface area contributed by atoms with E-state index in [1.165, 1.54) is 71.0 Å². The van der Waals surface area contributed by atoms with Crippen molar-refractivity contribution in [1.29, 1.82) is 0 Å². The van der Waals surface area contributed by atoms with Crippen LogP contribution in [-0.4, -0.2) is 44.1 Å². The molecule has 0 spiro atoms. The van der Waals surface area contributed by atoms with Gasteiger partial charge in [-0.1, -0.05) is 171 Å². The Hall–Kier alpha value is -8.19. The number of carbonyl (C=O) groups is 5. The number of fused-ring (bicyclic) bond motifs is 3. The van der Waals surface area contributed by atoms with E-state index in [-0.39, 0.29) is 41.0 Å². The van der Waals surface area contributed by atoms with Gasteiger partial charge in [0.05, 0.1) is 22.0 Å². The van der Waals surface area contributed by atoms with Crippen LogP contribution in [0.5, 0.6) is 11.5 Å². The molecule has 0 fully saturated rings. The second-order valence-electron chi connectivity index (χ2n) is 30.4. The molecule has 0 heterocycles. The number of ether oxygens (including phenoxy) is 7. The van der Waals surface area contributed by atoms with Gasteiger partial charge in [-0.05, 0) is 266 Å². The van der Waals surface area contributed by atoms with E-state index in [4.69, 9.17) is 33.2 Å². The highest BCUT2D eigenvalue weighted by molar-refractivity contribution is 5.87. The Kier molecular flexibility index (Phi) is 30.9. The van der Waals surface area contributed by atoms with Crippen LogP contribution in [0.15, 0.2) is 158 Å². The molecule has 548 valence electrons. The van der Waals surface area contributed by atoms with Crippen LogP contribution in [0.2, 0.25) is 0 Å². The van der Waals surface area contributed by atoms with Crippen molar-refractivity contribution in [1.82, 2.24) is 0 Å². The van der Waals surface area contributed by atoms with Gasteiger partial charge in [-0.3, -0.25) is 24.0 Å². The van der Waals surface area contributed by atoms with E-state index in [0.717, 1.165) is 52.3 Å². The predicted octanol–water partition coefficient (Wildman–Crippen LogP) is 23.3. The molecule has 0 aliphatic rings. The smallest absolute Gasteiger partial charge is 0.316 e. The Morgan fingerprint density at radius 2 is 0.554 bits per heavy atom. The second kappa shape index (κ2) is 36.6.